The molecule has 0 atom stereocenters. The lowest BCUT2D eigenvalue weighted by Crippen LogP contribution is -2.30. The highest BCUT2D eigenvalue weighted by Gasteiger charge is 2.22. The summed E-state index contributed by atoms with van der Waals surface area (Å²) < 4.78 is 12.9. The Kier molecular flexibility index (Phi) is 5.87. The molecule has 6 nitrogen and oxygen atoms in total. The van der Waals surface area contributed by atoms with Gasteiger partial charge in [0.25, 0.3) is 5.56 Å². The van der Waals surface area contributed by atoms with E-state index in [1.165, 1.54) is 16.9 Å². The summed E-state index contributed by atoms with van der Waals surface area (Å²) in [5.74, 6) is 2.35. The molecule has 1 aliphatic rings. The molecule has 4 rings (SSSR count). The Morgan fingerprint density at radius 3 is 2.59 bits per heavy atom. The zero-order valence-electron chi connectivity index (χ0n) is 17.2. The SMILES string of the molecule is COc1ccc(OCCn2c(CN(C)C)nc3sc4c(c3c2=O)CCCC4)cc1. The first-order valence-corrected chi connectivity index (χ1v) is 10.8. The summed E-state index contributed by atoms with van der Waals surface area (Å²) >= 11 is 1.70. The average Bonchev–Trinajstić information content (AvgIpc) is 3.08. The van der Waals surface area contributed by atoms with Crippen LogP contribution in [0.25, 0.3) is 10.2 Å². The van der Waals surface area contributed by atoms with E-state index in [1.54, 1.807) is 23.0 Å². The summed E-state index contributed by atoms with van der Waals surface area (Å²) in [5, 5.41) is 0.830. The second-order valence-electron chi connectivity index (χ2n) is 7.64. The molecule has 0 fully saturated rings. The van der Waals surface area contributed by atoms with Crippen molar-refractivity contribution in [2.75, 3.05) is 27.8 Å². The van der Waals surface area contributed by atoms with Gasteiger partial charge in [0.05, 0.1) is 25.6 Å². The van der Waals surface area contributed by atoms with E-state index in [0.717, 1.165) is 46.8 Å². The first kappa shape index (κ1) is 19.9. The van der Waals surface area contributed by atoms with Crippen molar-refractivity contribution in [1.29, 1.82) is 0 Å². The lowest BCUT2D eigenvalue weighted by atomic mass is 9.97. The smallest absolute Gasteiger partial charge is 0.262 e. The van der Waals surface area contributed by atoms with Gasteiger partial charge in [0, 0.05) is 4.88 Å². The number of benzene rings is 1. The third-order valence-corrected chi connectivity index (χ3v) is 6.44. The van der Waals surface area contributed by atoms with E-state index in [-0.39, 0.29) is 5.56 Å². The van der Waals surface area contributed by atoms with Gasteiger partial charge in [0.15, 0.2) is 0 Å². The van der Waals surface area contributed by atoms with Crippen LogP contribution in [0, 0.1) is 0 Å². The molecule has 2 heterocycles. The number of thiophene rings is 1. The van der Waals surface area contributed by atoms with Gasteiger partial charge in [-0.25, -0.2) is 4.98 Å². The Hall–Kier alpha value is -2.38. The molecule has 0 saturated heterocycles. The zero-order valence-corrected chi connectivity index (χ0v) is 18.1. The van der Waals surface area contributed by atoms with Crippen molar-refractivity contribution < 1.29 is 9.47 Å². The van der Waals surface area contributed by atoms with Crippen LogP contribution in [0.5, 0.6) is 11.5 Å². The summed E-state index contributed by atoms with van der Waals surface area (Å²) in [4.78, 5) is 22.6. The van der Waals surface area contributed by atoms with E-state index in [0.29, 0.717) is 19.7 Å². The highest BCUT2D eigenvalue weighted by Crippen LogP contribution is 2.33. The van der Waals surface area contributed by atoms with Gasteiger partial charge in [-0.3, -0.25) is 9.36 Å². The normalized spacial score (nSPS) is 13.7. The number of rotatable bonds is 7. The highest BCUT2D eigenvalue weighted by atomic mass is 32.1. The third-order valence-electron chi connectivity index (χ3n) is 5.25. The maximum Gasteiger partial charge on any atom is 0.262 e. The summed E-state index contributed by atoms with van der Waals surface area (Å²) in [5.41, 5.74) is 1.31. The van der Waals surface area contributed by atoms with Crippen LogP contribution >= 0.6 is 11.3 Å². The Bertz CT molecular complexity index is 1050. The zero-order chi connectivity index (χ0) is 20.4. The summed E-state index contributed by atoms with van der Waals surface area (Å²) in [6.45, 7) is 1.50. The molecule has 154 valence electrons. The molecule has 2 aromatic heterocycles. The van der Waals surface area contributed by atoms with Crippen molar-refractivity contribution in [3.05, 3.63) is 50.9 Å². The minimum absolute atomic E-state index is 0.0737. The van der Waals surface area contributed by atoms with E-state index in [9.17, 15) is 4.79 Å². The Labute approximate surface area is 174 Å². The van der Waals surface area contributed by atoms with Gasteiger partial charge in [-0.05, 0) is 69.6 Å². The van der Waals surface area contributed by atoms with E-state index in [2.05, 4.69) is 0 Å². The molecule has 0 saturated carbocycles. The first-order chi connectivity index (χ1) is 14.1. The molecule has 0 bridgehead atoms. The number of ether oxygens (including phenoxy) is 2. The predicted molar refractivity (Wildman–Crippen MR) is 116 cm³/mol. The molecular formula is C22H27N3O3S. The van der Waals surface area contributed by atoms with Crippen LogP contribution in [0.1, 0.15) is 29.1 Å². The van der Waals surface area contributed by atoms with Crippen molar-refractivity contribution in [2.24, 2.45) is 0 Å². The molecular weight excluding hydrogens is 386 g/mol. The second kappa shape index (κ2) is 8.55. The highest BCUT2D eigenvalue weighted by molar-refractivity contribution is 7.18. The van der Waals surface area contributed by atoms with Gasteiger partial charge in [-0.15, -0.1) is 11.3 Å². The molecule has 0 unspecified atom stereocenters. The molecule has 0 amide bonds. The maximum absolute atomic E-state index is 13.4. The topological polar surface area (TPSA) is 56.6 Å². The van der Waals surface area contributed by atoms with Crippen molar-refractivity contribution in [2.45, 2.75) is 38.8 Å². The number of nitrogens with zero attached hydrogens (tertiary/aromatic N) is 3. The first-order valence-electron chi connectivity index (χ1n) is 10.0. The van der Waals surface area contributed by atoms with Crippen LogP contribution in [-0.4, -0.2) is 42.3 Å². The lowest BCUT2D eigenvalue weighted by molar-refractivity contribution is 0.287. The van der Waals surface area contributed by atoms with Crippen molar-refractivity contribution >= 4 is 21.6 Å². The van der Waals surface area contributed by atoms with Gasteiger partial charge in [0.2, 0.25) is 0 Å². The monoisotopic (exact) mass is 413 g/mol. The standard InChI is InChI=1S/C22H27N3O3S/c1-24(2)14-19-23-21-20(17-6-4-5-7-18(17)29-21)22(26)25(19)12-13-28-16-10-8-15(27-3)9-11-16/h8-11H,4-7,12-14H2,1-3H3. The minimum Gasteiger partial charge on any atom is -0.497 e. The molecule has 7 heteroatoms. The number of hydrogen-bond donors (Lipinski definition) is 0. The van der Waals surface area contributed by atoms with Gasteiger partial charge in [-0.1, -0.05) is 0 Å². The molecule has 0 radical (unpaired) electrons. The fraction of sp³-hybridized carbons (Fsp3) is 0.455. The van der Waals surface area contributed by atoms with Gasteiger partial charge < -0.3 is 14.4 Å². The third kappa shape index (κ3) is 4.16. The quantitative estimate of drug-likeness (QED) is 0.594. The summed E-state index contributed by atoms with van der Waals surface area (Å²) in [6.07, 6.45) is 4.41. The van der Waals surface area contributed by atoms with E-state index >= 15 is 0 Å². The number of aryl methyl sites for hydroxylation is 2. The molecule has 1 aliphatic carbocycles. The van der Waals surface area contributed by atoms with Gasteiger partial charge in [-0.2, -0.15) is 0 Å². The Morgan fingerprint density at radius 1 is 1.14 bits per heavy atom. The van der Waals surface area contributed by atoms with Crippen LogP contribution in [-0.2, 0) is 25.9 Å². The minimum atomic E-state index is 0.0737. The van der Waals surface area contributed by atoms with E-state index in [1.807, 2.05) is 43.3 Å². The van der Waals surface area contributed by atoms with Crippen molar-refractivity contribution in [1.82, 2.24) is 14.5 Å². The molecule has 1 aromatic carbocycles. The Balaban J connectivity index is 1.63. The summed E-state index contributed by atoms with van der Waals surface area (Å²) in [6, 6.07) is 7.48. The van der Waals surface area contributed by atoms with Gasteiger partial charge in [0.1, 0.15) is 28.8 Å². The maximum atomic E-state index is 13.4. The predicted octanol–water partition coefficient (Wildman–Crippen LogP) is 3.49. The number of hydrogen-bond acceptors (Lipinski definition) is 6. The molecule has 0 spiro atoms. The van der Waals surface area contributed by atoms with E-state index in [4.69, 9.17) is 14.5 Å². The Morgan fingerprint density at radius 2 is 1.86 bits per heavy atom. The average molecular weight is 414 g/mol. The number of aromatic nitrogens is 2. The second-order valence-corrected chi connectivity index (χ2v) is 8.72. The van der Waals surface area contributed by atoms with Crippen LogP contribution in [0.2, 0.25) is 0 Å². The molecule has 3 aromatic rings. The van der Waals surface area contributed by atoms with Gasteiger partial charge >= 0.3 is 0 Å². The fourth-order valence-electron chi connectivity index (χ4n) is 3.84. The molecule has 29 heavy (non-hydrogen) atoms. The summed E-state index contributed by atoms with van der Waals surface area (Å²) in [7, 11) is 5.63. The lowest BCUT2D eigenvalue weighted by Gasteiger charge is -2.17. The van der Waals surface area contributed by atoms with Crippen LogP contribution < -0.4 is 15.0 Å². The molecule has 0 aliphatic heterocycles. The number of methoxy groups -OCH3 is 1. The fourth-order valence-corrected chi connectivity index (χ4v) is 5.11. The van der Waals surface area contributed by atoms with Crippen LogP contribution in [0.15, 0.2) is 29.1 Å². The van der Waals surface area contributed by atoms with Crippen molar-refractivity contribution in [3.8, 4) is 11.5 Å². The van der Waals surface area contributed by atoms with E-state index < -0.39 is 0 Å². The largest absolute Gasteiger partial charge is 0.497 e. The van der Waals surface area contributed by atoms with Crippen LogP contribution in [0.4, 0.5) is 0 Å². The van der Waals surface area contributed by atoms with Crippen LogP contribution in [0.3, 0.4) is 0 Å². The number of fused-ring (bicyclic) bond motifs is 3. The molecule has 0 N–H and O–H groups in total. The van der Waals surface area contributed by atoms with Crippen molar-refractivity contribution in [3.63, 3.8) is 0 Å².